The van der Waals surface area contributed by atoms with Crippen molar-refractivity contribution in [2.45, 2.75) is 33.7 Å². The van der Waals surface area contributed by atoms with Crippen molar-refractivity contribution < 1.29 is 9.59 Å². The van der Waals surface area contributed by atoms with Crippen LogP contribution in [-0.2, 0) is 9.59 Å². The number of carbonyl (C=O) groups excluding carboxylic acids is 2. The second-order valence-corrected chi connectivity index (χ2v) is 6.60. The van der Waals surface area contributed by atoms with E-state index in [1.54, 1.807) is 6.07 Å². The van der Waals surface area contributed by atoms with Crippen molar-refractivity contribution >= 4 is 29.1 Å². The summed E-state index contributed by atoms with van der Waals surface area (Å²) in [6.07, 6.45) is 0. The average molecular weight is 295 g/mol. The highest BCUT2D eigenvalue weighted by molar-refractivity contribution is 6.34. The van der Waals surface area contributed by atoms with E-state index in [0.717, 1.165) is 5.56 Å². The third-order valence-corrected chi connectivity index (χ3v) is 3.75. The average Bonchev–Trinajstić information content (AvgIpc) is 2.31. The first-order valence-corrected chi connectivity index (χ1v) is 6.95. The summed E-state index contributed by atoms with van der Waals surface area (Å²) in [6.45, 7) is 7.68. The first-order chi connectivity index (χ1) is 9.21. The Morgan fingerprint density at radius 3 is 2.50 bits per heavy atom. The third-order valence-electron chi connectivity index (χ3n) is 3.44. The molecule has 1 atom stereocenters. The Bertz CT molecular complexity index is 543. The van der Waals surface area contributed by atoms with Crippen LogP contribution < -0.4 is 10.2 Å². The van der Waals surface area contributed by atoms with E-state index in [4.69, 9.17) is 11.6 Å². The zero-order valence-corrected chi connectivity index (χ0v) is 12.9. The van der Waals surface area contributed by atoms with Gasteiger partial charge in [0.1, 0.15) is 12.6 Å². The van der Waals surface area contributed by atoms with Crippen molar-refractivity contribution in [1.29, 1.82) is 0 Å². The van der Waals surface area contributed by atoms with E-state index in [0.29, 0.717) is 10.7 Å². The summed E-state index contributed by atoms with van der Waals surface area (Å²) in [5.74, 6) is -0.280. The molecule has 1 N–H and O–H groups in total. The number of carbonyl (C=O) groups is 2. The Balaban J connectivity index is 2.46. The minimum atomic E-state index is -0.542. The number of nitrogens with zero attached hydrogens (tertiary/aromatic N) is 1. The maximum atomic E-state index is 12.7. The molecule has 0 saturated carbocycles. The van der Waals surface area contributed by atoms with Crippen LogP contribution in [0.1, 0.15) is 26.3 Å². The molecule has 1 aliphatic rings. The zero-order chi connectivity index (χ0) is 15.1. The molecule has 4 nitrogen and oxygen atoms in total. The number of hydrogen-bond acceptors (Lipinski definition) is 2. The second kappa shape index (κ2) is 5.09. The lowest BCUT2D eigenvalue weighted by Crippen LogP contribution is -2.62. The fraction of sp³-hybridized carbons (Fsp3) is 0.467. The van der Waals surface area contributed by atoms with Crippen molar-refractivity contribution in [1.82, 2.24) is 5.32 Å². The number of halogens is 1. The Kier molecular flexibility index (Phi) is 3.78. The molecule has 1 saturated heterocycles. The maximum absolute atomic E-state index is 12.7. The van der Waals surface area contributed by atoms with Gasteiger partial charge in [-0.05, 0) is 24.0 Å². The predicted molar refractivity (Wildman–Crippen MR) is 79.9 cm³/mol. The number of anilines is 1. The van der Waals surface area contributed by atoms with Gasteiger partial charge in [0.15, 0.2) is 0 Å². The van der Waals surface area contributed by atoms with Crippen LogP contribution in [0.15, 0.2) is 18.2 Å². The first kappa shape index (κ1) is 14.9. The van der Waals surface area contributed by atoms with Gasteiger partial charge in [0.2, 0.25) is 5.91 Å². The van der Waals surface area contributed by atoms with Crippen LogP contribution in [0.4, 0.5) is 5.69 Å². The number of rotatable bonds is 1. The molecule has 1 aromatic rings. The summed E-state index contributed by atoms with van der Waals surface area (Å²) in [4.78, 5) is 26.1. The van der Waals surface area contributed by atoms with Crippen molar-refractivity contribution in [2.75, 3.05) is 11.4 Å². The number of amides is 2. The van der Waals surface area contributed by atoms with E-state index in [1.807, 2.05) is 39.8 Å². The van der Waals surface area contributed by atoms with Gasteiger partial charge in [0.25, 0.3) is 5.91 Å². The monoisotopic (exact) mass is 294 g/mol. The van der Waals surface area contributed by atoms with Crippen LogP contribution in [-0.4, -0.2) is 24.4 Å². The fourth-order valence-corrected chi connectivity index (χ4v) is 2.71. The Morgan fingerprint density at radius 1 is 1.30 bits per heavy atom. The summed E-state index contributed by atoms with van der Waals surface area (Å²) in [7, 11) is 0. The van der Waals surface area contributed by atoms with E-state index in [9.17, 15) is 9.59 Å². The predicted octanol–water partition coefficient (Wildman–Crippen LogP) is 2.53. The Morgan fingerprint density at radius 2 is 1.95 bits per heavy atom. The van der Waals surface area contributed by atoms with Crippen LogP contribution in [0.2, 0.25) is 5.02 Å². The topological polar surface area (TPSA) is 49.4 Å². The van der Waals surface area contributed by atoms with Crippen molar-refractivity contribution in [3.05, 3.63) is 28.8 Å². The van der Waals surface area contributed by atoms with Crippen LogP contribution in [0.3, 0.4) is 0 Å². The van der Waals surface area contributed by atoms with Gasteiger partial charge < -0.3 is 5.32 Å². The highest BCUT2D eigenvalue weighted by atomic mass is 35.5. The normalized spacial score (nSPS) is 20.1. The zero-order valence-electron chi connectivity index (χ0n) is 12.2. The minimum Gasteiger partial charge on any atom is -0.342 e. The maximum Gasteiger partial charge on any atom is 0.250 e. The molecule has 1 fully saturated rings. The molecule has 0 radical (unpaired) electrons. The van der Waals surface area contributed by atoms with Crippen LogP contribution in [0, 0.1) is 12.3 Å². The van der Waals surface area contributed by atoms with Gasteiger partial charge in [-0.3, -0.25) is 14.5 Å². The third kappa shape index (κ3) is 2.66. The molecule has 0 aromatic heterocycles. The Labute approximate surface area is 124 Å². The molecule has 108 valence electrons. The smallest absolute Gasteiger partial charge is 0.250 e. The Hall–Kier alpha value is -1.55. The van der Waals surface area contributed by atoms with Crippen LogP contribution in [0.25, 0.3) is 0 Å². The molecular formula is C15H19ClN2O2. The summed E-state index contributed by atoms with van der Waals surface area (Å²) in [5.41, 5.74) is 1.16. The summed E-state index contributed by atoms with van der Waals surface area (Å²) in [6, 6.07) is 4.90. The molecule has 1 heterocycles. The van der Waals surface area contributed by atoms with Crippen molar-refractivity contribution in [3.8, 4) is 0 Å². The molecule has 2 amide bonds. The van der Waals surface area contributed by atoms with E-state index in [1.165, 1.54) is 4.90 Å². The SMILES string of the molecule is Cc1cccc(Cl)c1N1CC(=O)NC(C(C)(C)C)C1=O. The number of para-hydroxylation sites is 1. The number of nitrogens with one attached hydrogen (secondary N) is 1. The van der Waals surface area contributed by atoms with Gasteiger partial charge in [-0.15, -0.1) is 0 Å². The number of aryl methyl sites for hydroxylation is 1. The van der Waals surface area contributed by atoms with Gasteiger partial charge in [0, 0.05) is 0 Å². The lowest BCUT2D eigenvalue weighted by molar-refractivity contribution is -0.133. The quantitative estimate of drug-likeness (QED) is 0.865. The molecule has 1 aromatic carbocycles. The van der Waals surface area contributed by atoms with Gasteiger partial charge in [-0.1, -0.05) is 44.5 Å². The lowest BCUT2D eigenvalue weighted by Gasteiger charge is -2.39. The van der Waals surface area contributed by atoms with E-state index >= 15 is 0 Å². The molecule has 0 bridgehead atoms. The molecule has 0 spiro atoms. The first-order valence-electron chi connectivity index (χ1n) is 6.57. The molecular weight excluding hydrogens is 276 g/mol. The number of hydrogen-bond donors (Lipinski definition) is 1. The lowest BCUT2D eigenvalue weighted by atomic mass is 9.84. The van der Waals surface area contributed by atoms with Gasteiger partial charge in [-0.2, -0.15) is 0 Å². The van der Waals surface area contributed by atoms with Gasteiger partial charge in [-0.25, -0.2) is 0 Å². The summed E-state index contributed by atoms with van der Waals surface area (Å²) < 4.78 is 0. The molecule has 2 rings (SSSR count). The molecule has 5 heteroatoms. The second-order valence-electron chi connectivity index (χ2n) is 6.20. The number of benzene rings is 1. The van der Waals surface area contributed by atoms with Crippen LogP contribution in [0.5, 0.6) is 0 Å². The van der Waals surface area contributed by atoms with Crippen molar-refractivity contribution in [3.63, 3.8) is 0 Å². The standard InChI is InChI=1S/C15H19ClN2O2/c1-9-6-5-7-10(16)12(9)18-8-11(19)17-13(14(18)20)15(2,3)4/h5-7,13H,8H2,1-4H3,(H,17,19). The molecule has 0 aliphatic carbocycles. The largest absolute Gasteiger partial charge is 0.342 e. The van der Waals surface area contributed by atoms with Crippen LogP contribution >= 0.6 is 11.6 Å². The van der Waals surface area contributed by atoms with Gasteiger partial charge >= 0.3 is 0 Å². The van der Waals surface area contributed by atoms with E-state index in [2.05, 4.69) is 5.32 Å². The summed E-state index contributed by atoms with van der Waals surface area (Å²) in [5, 5.41) is 3.26. The molecule has 20 heavy (non-hydrogen) atoms. The summed E-state index contributed by atoms with van der Waals surface area (Å²) >= 11 is 6.21. The van der Waals surface area contributed by atoms with E-state index in [-0.39, 0.29) is 23.8 Å². The van der Waals surface area contributed by atoms with E-state index < -0.39 is 6.04 Å². The minimum absolute atomic E-state index is 0.00991. The number of piperazine rings is 1. The molecule has 1 aliphatic heterocycles. The highest BCUT2D eigenvalue weighted by Crippen LogP contribution is 2.33. The fourth-order valence-electron chi connectivity index (χ4n) is 2.39. The van der Waals surface area contributed by atoms with Gasteiger partial charge in [0.05, 0.1) is 10.7 Å². The molecule has 1 unspecified atom stereocenters. The highest BCUT2D eigenvalue weighted by Gasteiger charge is 2.41. The van der Waals surface area contributed by atoms with Crippen molar-refractivity contribution in [2.24, 2.45) is 5.41 Å².